The van der Waals surface area contributed by atoms with E-state index in [0.717, 1.165) is 31.7 Å². The molecule has 0 radical (unpaired) electrons. The van der Waals surface area contributed by atoms with Crippen molar-refractivity contribution in [1.29, 1.82) is 0 Å². The van der Waals surface area contributed by atoms with Crippen molar-refractivity contribution in [3.8, 4) is 0 Å². The van der Waals surface area contributed by atoms with Crippen LogP contribution in [0.3, 0.4) is 0 Å². The topological polar surface area (TPSA) is 69.6 Å². The summed E-state index contributed by atoms with van der Waals surface area (Å²) >= 11 is 6.02. The normalized spacial score (nSPS) is 19.1. The fourth-order valence-electron chi connectivity index (χ4n) is 3.52. The molecule has 6 nitrogen and oxygen atoms in total. The first-order valence-corrected chi connectivity index (χ1v) is 9.41. The van der Waals surface area contributed by atoms with E-state index in [-0.39, 0.29) is 5.54 Å². The number of anilines is 1. The minimum absolute atomic E-state index is 0.298. The molecule has 2 fully saturated rings. The Kier molecular flexibility index (Phi) is 5.09. The van der Waals surface area contributed by atoms with E-state index in [1.807, 2.05) is 27.0 Å². The molecule has 0 unspecified atom stereocenters. The van der Waals surface area contributed by atoms with E-state index in [1.54, 1.807) is 4.90 Å². The molecule has 0 spiro atoms. The lowest BCUT2D eigenvalue weighted by Gasteiger charge is -2.39. The molecule has 0 aromatic carbocycles. The number of carboxylic acid groups (broad SMARTS) is 1. The number of piperidine rings is 1. The summed E-state index contributed by atoms with van der Waals surface area (Å²) in [5.41, 5.74) is 0.840. The van der Waals surface area contributed by atoms with Crippen LogP contribution in [0, 0.1) is 5.92 Å². The van der Waals surface area contributed by atoms with Gasteiger partial charge in [0.2, 0.25) is 5.28 Å². The predicted molar refractivity (Wildman–Crippen MR) is 98.4 cm³/mol. The minimum atomic E-state index is -0.839. The SMILES string of the molecule is CC(C)(C)N(CC1CCN(c2nc(Cl)ncc2C2CC2)CC1)C(=O)O. The number of amides is 1. The zero-order chi connectivity index (χ0) is 18.2. The van der Waals surface area contributed by atoms with Crippen LogP contribution in [-0.2, 0) is 0 Å². The van der Waals surface area contributed by atoms with Crippen LogP contribution in [0.25, 0.3) is 0 Å². The van der Waals surface area contributed by atoms with Crippen LogP contribution >= 0.6 is 11.6 Å². The Balaban J connectivity index is 1.64. The van der Waals surface area contributed by atoms with Crippen molar-refractivity contribution >= 4 is 23.5 Å². The van der Waals surface area contributed by atoms with Gasteiger partial charge in [0.25, 0.3) is 0 Å². The van der Waals surface area contributed by atoms with Gasteiger partial charge < -0.3 is 14.9 Å². The second-order valence-corrected chi connectivity index (χ2v) is 8.52. The van der Waals surface area contributed by atoms with Gasteiger partial charge in [0, 0.05) is 36.9 Å². The van der Waals surface area contributed by atoms with Crippen LogP contribution < -0.4 is 4.90 Å². The summed E-state index contributed by atoms with van der Waals surface area (Å²) in [6, 6.07) is 0. The molecule has 1 aromatic rings. The van der Waals surface area contributed by atoms with E-state index in [2.05, 4.69) is 14.9 Å². The summed E-state index contributed by atoms with van der Waals surface area (Å²) in [5, 5.41) is 9.79. The molecule has 25 heavy (non-hydrogen) atoms. The molecule has 1 saturated heterocycles. The van der Waals surface area contributed by atoms with E-state index in [4.69, 9.17) is 11.6 Å². The summed E-state index contributed by atoms with van der Waals surface area (Å²) in [7, 11) is 0. The Morgan fingerprint density at radius 1 is 1.32 bits per heavy atom. The monoisotopic (exact) mass is 366 g/mol. The maximum Gasteiger partial charge on any atom is 0.407 e. The third kappa shape index (κ3) is 4.35. The Hall–Kier alpha value is -1.56. The number of rotatable bonds is 4. The van der Waals surface area contributed by atoms with Gasteiger partial charge in [-0.05, 0) is 69.9 Å². The van der Waals surface area contributed by atoms with Crippen LogP contribution in [0.4, 0.5) is 10.6 Å². The van der Waals surface area contributed by atoms with Crippen LogP contribution in [-0.4, -0.2) is 51.2 Å². The zero-order valence-corrected chi connectivity index (χ0v) is 16.0. The molecule has 2 aliphatic rings. The predicted octanol–water partition coefficient (Wildman–Crippen LogP) is 4.00. The Bertz CT molecular complexity index is 634. The van der Waals surface area contributed by atoms with Crippen LogP contribution in [0.5, 0.6) is 0 Å². The zero-order valence-electron chi connectivity index (χ0n) is 15.2. The maximum atomic E-state index is 11.6. The van der Waals surface area contributed by atoms with Crippen molar-refractivity contribution < 1.29 is 9.90 Å². The number of hydrogen-bond donors (Lipinski definition) is 1. The highest BCUT2D eigenvalue weighted by Gasteiger charge is 2.33. The molecule has 1 amide bonds. The van der Waals surface area contributed by atoms with E-state index in [1.165, 1.54) is 18.4 Å². The molecular formula is C18H27ClN4O2. The third-order valence-corrected chi connectivity index (χ3v) is 5.36. The first kappa shape index (κ1) is 18.2. The molecule has 0 atom stereocenters. The van der Waals surface area contributed by atoms with Gasteiger partial charge in [-0.25, -0.2) is 14.8 Å². The maximum absolute atomic E-state index is 11.6. The Morgan fingerprint density at radius 3 is 2.48 bits per heavy atom. The van der Waals surface area contributed by atoms with E-state index < -0.39 is 6.09 Å². The van der Waals surface area contributed by atoms with Crippen LogP contribution in [0.15, 0.2) is 6.20 Å². The summed E-state index contributed by atoms with van der Waals surface area (Å²) in [5.74, 6) is 1.94. The van der Waals surface area contributed by atoms with Gasteiger partial charge in [-0.3, -0.25) is 0 Å². The van der Waals surface area contributed by atoms with Gasteiger partial charge in [-0.1, -0.05) is 0 Å². The average molecular weight is 367 g/mol. The van der Waals surface area contributed by atoms with Crippen molar-refractivity contribution in [2.24, 2.45) is 5.92 Å². The molecule has 1 aromatic heterocycles. The number of halogens is 1. The summed E-state index contributed by atoms with van der Waals surface area (Å²) < 4.78 is 0. The minimum Gasteiger partial charge on any atom is -0.465 e. The Labute approximate surface area is 154 Å². The second kappa shape index (κ2) is 6.98. The van der Waals surface area contributed by atoms with Crippen molar-refractivity contribution in [2.75, 3.05) is 24.5 Å². The fraction of sp³-hybridized carbons (Fsp3) is 0.722. The molecule has 7 heteroatoms. The van der Waals surface area contributed by atoms with Gasteiger partial charge in [-0.2, -0.15) is 0 Å². The highest BCUT2D eigenvalue weighted by Crippen LogP contribution is 2.44. The highest BCUT2D eigenvalue weighted by molar-refractivity contribution is 6.28. The number of hydrogen-bond acceptors (Lipinski definition) is 4. The van der Waals surface area contributed by atoms with Crippen molar-refractivity contribution in [3.63, 3.8) is 0 Å². The molecule has 1 aliphatic carbocycles. The molecule has 2 heterocycles. The van der Waals surface area contributed by atoms with Gasteiger partial charge >= 0.3 is 6.09 Å². The molecule has 3 rings (SSSR count). The standard InChI is InChI=1S/C18H27ClN4O2/c1-18(2,3)23(17(24)25)11-12-6-8-22(9-7-12)15-14(13-4-5-13)10-20-16(19)21-15/h10,12-13H,4-9,11H2,1-3H3,(H,24,25). The largest absolute Gasteiger partial charge is 0.465 e. The van der Waals surface area contributed by atoms with Gasteiger partial charge in [-0.15, -0.1) is 0 Å². The fourth-order valence-corrected chi connectivity index (χ4v) is 3.65. The van der Waals surface area contributed by atoms with Gasteiger partial charge in [0.1, 0.15) is 5.82 Å². The third-order valence-electron chi connectivity index (χ3n) is 5.18. The van der Waals surface area contributed by atoms with Crippen molar-refractivity contribution in [2.45, 2.75) is 57.9 Å². The number of aromatic nitrogens is 2. The molecule has 138 valence electrons. The number of nitrogens with zero attached hydrogens (tertiary/aromatic N) is 4. The summed E-state index contributed by atoms with van der Waals surface area (Å²) in [6.07, 6.45) is 5.37. The van der Waals surface area contributed by atoms with Crippen LogP contribution in [0.1, 0.15) is 57.9 Å². The molecule has 1 saturated carbocycles. The van der Waals surface area contributed by atoms with E-state index >= 15 is 0 Å². The first-order valence-electron chi connectivity index (χ1n) is 9.03. The molecule has 1 N–H and O–H groups in total. The summed E-state index contributed by atoms with van der Waals surface area (Å²) in [6.45, 7) is 8.19. The molecule has 1 aliphatic heterocycles. The Morgan fingerprint density at radius 2 is 1.96 bits per heavy atom. The lowest BCUT2D eigenvalue weighted by atomic mass is 9.94. The number of carbonyl (C=O) groups is 1. The van der Waals surface area contributed by atoms with E-state index in [9.17, 15) is 9.90 Å². The van der Waals surface area contributed by atoms with Crippen molar-refractivity contribution in [1.82, 2.24) is 14.9 Å². The smallest absolute Gasteiger partial charge is 0.407 e. The summed E-state index contributed by atoms with van der Waals surface area (Å²) in [4.78, 5) is 24.0. The van der Waals surface area contributed by atoms with Crippen molar-refractivity contribution in [3.05, 3.63) is 17.0 Å². The van der Waals surface area contributed by atoms with E-state index in [0.29, 0.717) is 23.7 Å². The second-order valence-electron chi connectivity index (χ2n) is 8.19. The first-order chi connectivity index (χ1) is 11.8. The molecular weight excluding hydrogens is 340 g/mol. The van der Waals surface area contributed by atoms with Gasteiger partial charge in [0.05, 0.1) is 0 Å². The lowest BCUT2D eigenvalue weighted by Crippen LogP contribution is -2.49. The van der Waals surface area contributed by atoms with Crippen LogP contribution in [0.2, 0.25) is 5.28 Å². The van der Waals surface area contributed by atoms with Gasteiger partial charge in [0.15, 0.2) is 0 Å². The highest BCUT2D eigenvalue weighted by atomic mass is 35.5. The molecule has 0 bridgehead atoms. The quantitative estimate of drug-likeness (QED) is 0.815. The average Bonchev–Trinajstić information content (AvgIpc) is 3.36. The lowest BCUT2D eigenvalue weighted by molar-refractivity contribution is 0.0852.